The van der Waals surface area contributed by atoms with Crippen LogP contribution >= 0.6 is 0 Å². The first-order chi connectivity index (χ1) is 8.29. The molecule has 0 spiro atoms. The first-order valence-corrected chi connectivity index (χ1v) is 6.15. The molecule has 1 aromatic heterocycles. The molecule has 5 nitrogen and oxygen atoms in total. The van der Waals surface area contributed by atoms with Gasteiger partial charge < -0.3 is 22.1 Å². The summed E-state index contributed by atoms with van der Waals surface area (Å²) in [5, 5.41) is 6.87. The van der Waals surface area contributed by atoms with Crippen molar-refractivity contribution >= 4 is 5.82 Å². The summed E-state index contributed by atoms with van der Waals surface area (Å²) in [6, 6.07) is 6.30. The van der Waals surface area contributed by atoms with Gasteiger partial charge in [-0.3, -0.25) is 0 Å². The van der Waals surface area contributed by atoms with Crippen LogP contribution in [0.3, 0.4) is 0 Å². The molecule has 1 saturated heterocycles. The molecule has 5 heteroatoms. The van der Waals surface area contributed by atoms with Gasteiger partial charge >= 0.3 is 0 Å². The third-order valence-electron chi connectivity index (χ3n) is 3.19. The highest BCUT2D eigenvalue weighted by atomic mass is 15.0. The van der Waals surface area contributed by atoms with Crippen molar-refractivity contribution < 1.29 is 0 Å². The Kier molecular flexibility index (Phi) is 4.30. The average Bonchev–Trinajstić information content (AvgIpc) is 2.74. The monoisotopic (exact) mass is 235 g/mol. The van der Waals surface area contributed by atoms with Crippen molar-refractivity contribution in [3.8, 4) is 0 Å². The number of nitrogens with zero attached hydrogens (tertiary/aromatic N) is 1. The Balaban J connectivity index is 1.93. The normalized spacial score (nSPS) is 24.1. The lowest BCUT2D eigenvalue weighted by atomic mass is 9.97. The van der Waals surface area contributed by atoms with Crippen LogP contribution in [-0.4, -0.2) is 37.2 Å². The van der Waals surface area contributed by atoms with E-state index in [0.717, 1.165) is 31.7 Å². The largest absolute Gasteiger partial charge is 0.384 e. The number of hydrogen-bond acceptors (Lipinski definition) is 5. The van der Waals surface area contributed by atoms with Crippen molar-refractivity contribution in [2.75, 3.05) is 31.9 Å². The second-order valence-corrected chi connectivity index (χ2v) is 4.53. The molecule has 0 aliphatic carbocycles. The lowest BCUT2D eigenvalue weighted by Crippen LogP contribution is -2.39. The van der Waals surface area contributed by atoms with Gasteiger partial charge in [-0.05, 0) is 31.0 Å². The minimum atomic E-state index is 0.488. The molecule has 1 aliphatic heterocycles. The zero-order chi connectivity index (χ0) is 12.1. The summed E-state index contributed by atoms with van der Waals surface area (Å²) in [4.78, 5) is 4.35. The number of nitrogens with one attached hydrogen (secondary N) is 2. The van der Waals surface area contributed by atoms with Crippen molar-refractivity contribution in [3.63, 3.8) is 0 Å². The van der Waals surface area contributed by atoms with Crippen LogP contribution in [0.25, 0.3) is 0 Å². The van der Waals surface area contributed by atoms with E-state index in [1.807, 2.05) is 18.2 Å². The maximum atomic E-state index is 5.69. The minimum absolute atomic E-state index is 0.488. The molecule has 0 amide bonds. The van der Waals surface area contributed by atoms with Gasteiger partial charge in [0.05, 0.1) is 0 Å². The quantitative estimate of drug-likeness (QED) is 0.544. The number of rotatable bonds is 5. The molecule has 2 unspecified atom stereocenters. The zero-order valence-electron chi connectivity index (χ0n) is 10.0. The van der Waals surface area contributed by atoms with E-state index < -0.39 is 0 Å². The van der Waals surface area contributed by atoms with E-state index in [4.69, 9.17) is 11.5 Å². The van der Waals surface area contributed by atoms with Crippen molar-refractivity contribution in [3.05, 3.63) is 23.9 Å². The van der Waals surface area contributed by atoms with E-state index in [-0.39, 0.29) is 0 Å². The summed E-state index contributed by atoms with van der Waals surface area (Å²) in [6.07, 6.45) is 0.959. The van der Waals surface area contributed by atoms with Gasteiger partial charge in [0.15, 0.2) is 0 Å². The molecule has 6 N–H and O–H groups in total. The summed E-state index contributed by atoms with van der Waals surface area (Å²) in [6.45, 7) is 3.58. The van der Waals surface area contributed by atoms with E-state index in [9.17, 15) is 0 Å². The molecule has 1 aliphatic rings. The Morgan fingerprint density at radius 3 is 3.06 bits per heavy atom. The van der Waals surface area contributed by atoms with Crippen LogP contribution in [0.15, 0.2) is 18.2 Å². The molecule has 1 aromatic rings. The van der Waals surface area contributed by atoms with E-state index in [0.29, 0.717) is 24.3 Å². The van der Waals surface area contributed by atoms with Crippen LogP contribution in [0.2, 0.25) is 0 Å². The maximum absolute atomic E-state index is 5.69. The van der Waals surface area contributed by atoms with Gasteiger partial charge in [-0.2, -0.15) is 0 Å². The van der Waals surface area contributed by atoms with Crippen LogP contribution in [0.4, 0.5) is 5.82 Å². The Hall–Kier alpha value is -1.17. The standard InChI is InChI=1S/C12H21N5/c13-4-5-16-11-8-15-7-9(11)6-10-2-1-3-12(14)17-10/h1-3,9,11,15-16H,4-8,13H2,(H2,14,17). The third kappa shape index (κ3) is 3.39. The van der Waals surface area contributed by atoms with E-state index in [1.165, 1.54) is 0 Å². The van der Waals surface area contributed by atoms with Crippen LogP contribution < -0.4 is 22.1 Å². The number of pyridine rings is 1. The van der Waals surface area contributed by atoms with Crippen LogP contribution in [0.1, 0.15) is 5.69 Å². The molecule has 2 atom stereocenters. The summed E-state index contributed by atoms with van der Waals surface area (Å²) in [7, 11) is 0. The van der Waals surface area contributed by atoms with Crippen molar-refractivity contribution in [2.24, 2.45) is 11.7 Å². The Morgan fingerprint density at radius 2 is 2.29 bits per heavy atom. The highest BCUT2D eigenvalue weighted by Crippen LogP contribution is 2.15. The topological polar surface area (TPSA) is 89.0 Å². The molecule has 0 radical (unpaired) electrons. The molecule has 0 bridgehead atoms. The molecule has 2 rings (SSSR count). The fourth-order valence-electron chi connectivity index (χ4n) is 2.34. The molecule has 17 heavy (non-hydrogen) atoms. The molecular formula is C12H21N5. The zero-order valence-corrected chi connectivity index (χ0v) is 10.0. The van der Waals surface area contributed by atoms with Crippen molar-refractivity contribution in [1.82, 2.24) is 15.6 Å². The van der Waals surface area contributed by atoms with Gasteiger partial charge in [-0.15, -0.1) is 0 Å². The van der Waals surface area contributed by atoms with E-state index in [1.54, 1.807) is 0 Å². The molecule has 0 aromatic carbocycles. The Morgan fingerprint density at radius 1 is 1.41 bits per heavy atom. The fourth-order valence-corrected chi connectivity index (χ4v) is 2.34. The molecule has 2 heterocycles. The van der Waals surface area contributed by atoms with Gasteiger partial charge in [-0.25, -0.2) is 4.98 Å². The van der Waals surface area contributed by atoms with Crippen LogP contribution in [0.5, 0.6) is 0 Å². The maximum Gasteiger partial charge on any atom is 0.123 e. The predicted molar refractivity (Wildman–Crippen MR) is 69.6 cm³/mol. The van der Waals surface area contributed by atoms with Gasteiger partial charge in [0.25, 0.3) is 0 Å². The SMILES string of the molecule is NCCNC1CNCC1Cc1cccc(N)n1. The number of nitrogens with two attached hydrogens (primary N) is 2. The van der Waals surface area contributed by atoms with Gasteiger partial charge in [0.1, 0.15) is 5.82 Å². The van der Waals surface area contributed by atoms with Crippen molar-refractivity contribution in [1.29, 1.82) is 0 Å². The average molecular weight is 235 g/mol. The van der Waals surface area contributed by atoms with Crippen LogP contribution in [-0.2, 0) is 6.42 Å². The van der Waals surface area contributed by atoms with E-state index in [2.05, 4.69) is 15.6 Å². The predicted octanol–water partition coefficient (Wildman–Crippen LogP) is -0.657. The van der Waals surface area contributed by atoms with Crippen LogP contribution in [0, 0.1) is 5.92 Å². The lowest BCUT2D eigenvalue weighted by Gasteiger charge is -2.19. The number of nitrogen functional groups attached to an aromatic ring is 1. The smallest absolute Gasteiger partial charge is 0.123 e. The highest BCUT2D eigenvalue weighted by molar-refractivity contribution is 5.29. The summed E-state index contributed by atoms with van der Waals surface area (Å²) >= 11 is 0. The second-order valence-electron chi connectivity index (χ2n) is 4.53. The second kappa shape index (κ2) is 5.95. The van der Waals surface area contributed by atoms with Gasteiger partial charge in [0, 0.05) is 31.4 Å². The minimum Gasteiger partial charge on any atom is -0.384 e. The summed E-state index contributed by atoms with van der Waals surface area (Å²) < 4.78 is 0. The van der Waals surface area contributed by atoms with E-state index >= 15 is 0 Å². The summed E-state index contributed by atoms with van der Waals surface area (Å²) in [5.74, 6) is 1.16. The molecular weight excluding hydrogens is 214 g/mol. The highest BCUT2D eigenvalue weighted by Gasteiger charge is 2.26. The summed E-state index contributed by atoms with van der Waals surface area (Å²) in [5.41, 5.74) is 12.3. The Labute approximate surface area is 102 Å². The van der Waals surface area contributed by atoms with Gasteiger partial charge in [-0.1, -0.05) is 6.07 Å². The first-order valence-electron chi connectivity index (χ1n) is 6.15. The lowest BCUT2D eigenvalue weighted by molar-refractivity contribution is 0.426. The van der Waals surface area contributed by atoms with Gasteiger partial charge in [0.2, 0.25) is 0 Å². The van der Waals surface area contributed by atoms with Crippen molar-refractivity contribution in [2.45, 2.75) is 12.5 Å². The fraction of sp³-hybridized carbons (Fsp3) is 0.583. The number of hydrogen-bond donors (Lipinski definition) is 4. The third-order valence-corrected chi connectivity index (χ3v) is 3.19. The number of anilines is 1. The Bertz CT molecular complexity index is 355. The number of aromatic nitrogens is 1. The molecule has 1 fully saturated rings. The first kappa shape index (κ1) is 12.3. The molecule has 0 saturated carbocycles. The molecule has 94 valence electrons.